The van der Waals surface area contributed by atoms with E-state index in [1.807, 2.05) is 0 Å². The molecule has 1 aromatic rings. The number of rotatable bonds is 7. The van der Waals surface area contributed by atoms with Crippen LogP contribution in [0.4, 0.5) is 0 Å². The molecule has 2 nitrogen and oxygen atoms in total. The van der Waals surface area contributed by atoms with Crippen LogP contribution in [0.5, 0.6) is 0 Å². The number of likely N-dealkylation sites (N-methyl/N-ethyl adjacent to an activating group) is 1. The molecule has 0 fully saturated rings. The van der Waals surface area contributed by atoms with Gasteiger partial charge in [-0.2, -0.15) is 0 Å². The summed E-state index contributed by atoms with van der Waals surface area (Å²) in [5.41, 5.74) is 0. The number of thiophene rings is 1. The highest BCUT2D eigenvalue weighted by atomic mass is 79.9. The maximum Gasteiger partial charge on any atom is 0.0701 e. The van der Waals surface area contributed by atoms with E-state index in [1.54, 1.807) is 11.3 Å². The lowest BCUT2D eigenvalue weighted by molar-refractivity contribution is 0.0617. The maximum atomic E-state index is 5.67. The van der Waals surface area contributed by atoms with Crippen molar-refractivity contribution in [2.24, 2.45) is 0 Å². The van der Waals surface area contributed by atoms with Gasteiger partial charge in [-0.1, -0.05) is 6.92 Å². The molecule has 0 saturated heterocycles. The van der Waals surface area contributed by atoms with Crippen LogP contribution in [-0.4, -0.2) is 25.3 Å². The number of hydrogen-bond acceptors (Lipinski definition) is 3. The van der Waals surface area contributed by atoms with E-state index in [-0.39, 0.29) is 0 Å². The molecular weight excluding hydrogens is 286 g/mol. The van der Waals surface area contributed by atoms with Crippen LogP contribution in [-0.2, 0) is 11.2 Å². The SMILES string of the molecule is CCNC(COC(C)C)Cc1ccc(Br)s1. The first-order valence-electron chi connectivity index (χ1n) is 5.71. The lowest BCUT2D eigenvalue weighted by Crippen LogP contribution is -2.35. The summed E-state index contributed by atoms with van der Waals surface area (Å²) in [4.78, 5) is 1.39. The van der Waals surface area contributed by atoms with Crippen LogP contribution < -0.4 is 5.32 Å². The predicted molar refractivity (Wildman–Crippen MR) is 74.3 cm³/mol. The van der Waals surface area contributed by atoms with Crippen molar-refractivity contribution in [3.8, 4) is 0 Å². The van der Waals surface area contributed by atoms with E-state index < -0.39 is 0 Å². The summed E-state index contributed by atoms with van der Waals surface area (Å²) < 4.78 is 6.86. The average Bonchev–Trinajstić information content (AvgIpc) is 2.61. The van der Waals surface area contributed by atoms with E-state index in [4.69, 9.17) is 4.74 Å². The van der Waals surface area contributed by atoms with Crippen molar-refractivity contribution in [1.82, 2.24) is 5.32 Å². The Morgan fingerprint density at radius 2 is 2.19 bits per heavy atom. The molecule has 0 aliphatic rings. The molecule has 4 heteroatoms. The van der Waals surface area contributed by atoms with Gasteiger partial charge in [0.25, 0.3) is 0 Å². The van der Waals surface area contributed by atoms with Gasteiger partial charge in [0.15, 0.2) is 0 Å². The van der Waals surface area contributed by atoms with E-state index in [2.05, 4.69) is 54.2 Å². The van der Waals surface area contributed by atoms with Crippen molar-refractivity contribution in [3.05, 3.63) is 20.8 Å². The van der Waals surface area contributed by atoms with E-state index in [9.17, 15) is 0 Å². The number of ether oxygens (including phenoxy) is 1. The van der Waals surface area contributed by atoms with Gasteiger partial charge in [-0.25, -0.2) is 0 Å². The Morgan fingerprint density at radius 3 is 2.69 bits per heavy atom. The van der Waals surface area contributed by atoms with E-state index in [0.29, 0.717) is 12.1 Å². The van der Waals surface area contributed by atoms with Gasteiger partial charge in [0.05, 0.1) is 16.5 Å². The second kappa shape index (κ2) is 7.43. The molecule has 0 radical (unpaired) electrons. The Balaban J connectivity index is 2.43. The minimum absolute atomic E-state index is 0.302. The van der Waals surface area contributed by atoms with Crippen LogP contribution >= 0.6 is 27.3 Å². The molecule has 1 heterocycles. The molecule has 0 aliphatic heterocycles. The van der Waals surface area contributed by atoms with Gasteiger partial charge < -0.3 is 10.1 Å². The molecule has 92 valence electrons. The Bertz CT molecular complexity index is 301. The summed E-state index contributed by atoms with van der Waals surface area (Å²) in [7, 11) is 0. The molecule has 1 atom stereocenters. The molecule has 0 aromatic carbocycles. The monoisotopic (exact) mass is 305 g/mol. The molecule has 0 spiro atoms. The Morgan fingerprint density at radius 1 is 1.44 bits per heavy atom. The molecule has 16 heavy (non-hydrogen) atoms. The fraction of sp³-hybridized carbons (Fsp3) is 0.667. The summed E-state index contributed by atoms with van der Waals surface area (Å²) in [6, 6.07) is 4.69. The number of nitrogens with one attached hydrogen (secondary N) is 1. The first kappa shape index (κ1) is 14.2. The molecule has 0 bridgehead atoms. The van der Waals surface area contributed by atoms with Gasteiger partial charge in [-0.05, 0) is 54.9 Å². The third kappa shape index (κ3) is 5.43. The normalized spacial score (nSPS) is 13.3. The lowest BCUT2D eigenvalue weighted by Gasteiger charge is -2.18. The van der Waals surface area contributed by atoms with Crippen molar-refractivity contribution in [3.63, 3.8) is 0 Å². The molecule has 1 aromatic heterocycles. The fourth-order valence-electron chi connectivity index (χ4n) is 1.49. The van der Waals surface area contributed by atoms with Crippen molar-refractivity contribution in [2.75, 3.05) is 13.2 Å². The van der Waals surface area contributed by atoms with E-state index >= 15 is 0 Å². The van der Waals surface area contributed by atoms with Gasteiger partial charge in [-0.15, -0.1) is 11.3 Å². The van der Waals surface area contributed by atoms with Crippen LogP contribution in [0.2, 0.25) is 0 Å². The standard InChI is InChI=1S/C12H20BrNOS/c1-4-14-10(8-15-9(2)3)7-11-5-6-12(13)16-11/h5-6,9-10,14H,4,7-8H2,1-3H3. The largest absolute Gasteiger partial charge is 0.377 e. The van der Waals surface area contributed by atoms with E-state index in [0.717, 1.165) is 19.6 Å². The van der Waals surface area contributed by atoms with Crippen molar-refractivity contribution in [1.29, 1.82) is 0 Å². The number of halogens is 1. The molecule has 1 rings (SSSR count). The van der Waals surface area contributed by atoms with Gasteiger partial charge in [-0.3, -0.25) is 0 Å². The van der Waals surface area contributed by atoms with Gasteiger partial charge in [0.1, 0.15) is 0 Å². The smallest absolute Gasteiger partial charge is 0.0701 e. The molecule has 0 amide bonds. The summed E-state index contributed by atoms with van der Waals surface area (Å²) in [5, 5.41) is 3.46. The van der Waals surface area contributed by atoms with Crippen LogP contribution in [0, 0.1) is 0 Å². The highest BCUT2D eigenvalue weighted by Crippen LogP contribution is 2.23. The third-order valence-corrected chi connectivity index (χ3v) is 3.85. The molecule has 1 unspecified atom stereocenters. The zero-order valence-corrected chi connectivity index (χ0v) is 12.5. The Labute approximate surface area is 111 Å². The van der Waals surface area contributed by atoms with E-state index in [1.165, 1.54) is 8.66 Å². The average molecular weight is 306 g/mol. The topological polar surface area (TPSA) is 21.3 Å². The second-order valence-electron chi connectivity index (χ2n) is 4.05. The third-order valence-electron chi connectivity index (χ3n) is 2.20. The van der Waals surface area contributed by atoms with Crippen LogP contribution in [0.1, 0.15) is 25.6 Å². The molecule has 1 N–H and O–H groups in total. The van der Waals surface area contributed by atoms with Crippen molar-refractivity contribution < 1.29 is 4.74 Å². The van der Waals surface area contributed by atoms with Crippen molar-refractivity contribution >= 4 is 27.3 Å². The summed E-state index contributed by atoms with van der Waals surface area (Å²) in [5.74, 6) is 0. The zero-order valence-electron chi connectivity index (χ0n) is 10.1. The predicted octanol–water partition coefficient (Wildman–Crippen LogP) is 3.46. The van der Waals surface area contributed by atoms with Gasteiger partial charge in [0, 0.05) is 10.9 Å². The van der Waals surface area contributed by atoms with Crippen LogP contribution in [0.15, 0.2) is 15.9 Å². The first-order valence-corrected chi connectivity index (χ1v) is 7.32. The quantitative estimate of drug-likeness (QED) is 0.833. The minimum Gasteiger partial charge on any atom is -0.377 e. The Kier molecular flexibility index (Phi) is 6.58. The van der Waals surface area contributed by atoms with Crippen LogP contribution in [0.25, 0.3) is 0 Å². The van der Waals surface area contributed by atoms with Crippen LogP contribution in [0.3, 0.4) is 0 Å². The highest BCUT2D eigenvalue weighted by Gasteiger charge is 2.10. The molecule has 0 saturated carbocycles. The summed E-state index contributed by atoms with van der Waals surface area (Å²) in [6.07, 6.45) is 1.34. The lowest BCUT2D eigenvalue weighted by atomic mass is 10.2. The molecular formula is C12H20BrNOS. The fourth-order valence-corrected chi connectivity index (χ4v) is 3.05. The second-order valence-corrected chi connectivity index (χ2v) is 6.59. The first-order chi connectivity index (χ1) is 7.61. The highest BCUT2D eigenvalue weighted by molar-refractivity contribution is 9.11. The number of hydrogen-bond donors (Lipinski definition) is 1. The minimum atomic E-state index is 0.302. The van der Waals surface area contributed by atoms with Crippen molar-refractivity contribution in [2.45, 2.75) is 39.3 Å². The van der Waals surface area contributed by atoms with Gasteiger partial charge in [0.2, 0.25) is 0 Å². The summed E-state index contributed by atoms with van der Waals surface area (Å²) >= 11 is 5.29. The zero-order chi connectivity index (χ0) is 12.0. The molecule has 0 aliphatic carbocycles. The summed E-state index contributed by atoms with van der Waals surface area (Å²) in [6.45, 7) is 8.04. The maximum absolute atomic E-state index is 5.67. The van der Waals surface area contributed by atoms with Gasteiger partial charge >= 0.3 is 0 Å². The Hall–Kier alpha value is 0.1000.